The van der Waals surface area contributed by atoms with Crippen molar-refractivity contribution < 1.29 is 13.6 Å². The van der Waals surface area contributed by atoms with Crippen LogP contribution in [0.3, 0.4) is 0 Å². The first kappa shape index (κ1) is 12.0. The summed E-state index contributed by atoms with van der Waals surface area (Å²) < 4.78 is 27.0. The minimum absolute atomic E-state index is 0.141. The molecule has 0 spiro atoms. The van der Waals surface area contributed by atoms with Gasteiger partial charge in [0.2, 0.25) is 0 Å². The first-order valence-corrected chi connectivity index (χ1v) is 5.03. The Balaban J connectivity index is 2.21. The van der Waals surface area contributed by atoms with E-state index in [4.69, 9.17) is 5.73 Å². The summed E-state index contributed by atoms with van der Waals surface area (Å²) in [5.41, 5.74) is 5.93. The summed E-state index contributed by atoms with van der Waals surface area (Å²) >= 11 is 0. The van der Waals surface area contributed by atoms with Crippen LogP contribution in [0.4, 0.5) is 20.3 Å². The quantitative estimate of drug-likeness (QED) is 0.851. The molecule has 0 saturated heterocycles. The van der Waals surface area contributed by atoms with Crippen molar-refractivity contribution in [2.24, 2.45) is 7.05 Å². The number of nitrogens with one attached hydrogen (secondary N) is 1. The second kappa shape index (κ2) is 4.44. The summed E-state index contributed by atoms with van der Waals surface area (Å²) in [6.07, 6.45) is 1.30. The molecule has 1 aromatic carbocycles. The highest BCUT2D eigenvalue weighted by molar-refractivity contribution is 6.07. The van der Waals surface area contributed by atoms with Crippen molar-refractivity contribution in [3.05, 3.63) is 41.6 Å². The van der Waals surface area contributed by atoms with Crippen LogP contribution < -0.4 is 11.1 Å². The van der Waals surface area contributed by atoms with E-state index in [-0.39, 0.29) is 17.1 Å². The summed E-state index contributed by atoms with van der Waals surface area (Å²) in [5, 5.41) is 6.21. The van der Waals surface area contributed by atoms with Gasteiger partial charge in [-0.25, -0.2) is 8.78 Å². The van der Waals surface area contributed by atoms with Crippen LogP contribution in [0.15, 0.2) is 24.4 Å². The first-order chi connectivity index (χ1) is 8.49. The number of halogens is 2. The normalized spacial score (nSPS) is 10.4. The van der Waals surface area contributed by atoms with Crippen molar-refractivity contribution in [2.75, 3.05) is 11.1 Å². The molecule has 1 heterocycles. The highest BCUT2D eigenvalue weighted by Gasteiger charge is 2.14. The zero-order valence-corrected chi connectivity index (χ0v) is 9.45. The monoisotopic (exact) mass is 252 g/mol. The largest absolute Gasteiger partial charge is 0.383 e. The average molecular weight is 252 g/mol. The Hall–Kier alpha value is -2.44. The van der Waals surface area contributed by atoms with Crippen LogP contribution in [0.2, 0.25) is 0 Å². The first-order valence-electron chi connectivity index (χ1n) is 5.03. The number of benzene rings is 1. The van der Waals surface area contributed by atoms with Gasteiger partial charge >= 0.3 is 0 Å². The molecular formula is C11H10F2N4O. The maximum Gasteiger partial charge on any atom is 0.261 e. The van der Waals surface area contributed by atoms with E-state index in [1.54, 1.807) is 7.05 Å². The maximum atomic E-state index is 12.9. The number of aromatic nitrogens is 2. The Morgan fingerprint density at radius 2 is 2.11 bits per heavy atom. The van der Waals surface area contributed by atoms with E-state index in [1.165, 1.54) is 16.9 Å². The molecule has 0 atom stereocenters. The molecule has 1 amide bonds. The van der Waals surface area contributed by atoms with Gasteiger partial charge < -0.3 is 11.1 Å². The number of aryl methyl sites for hydroxylation is 1. The Kier molecular flexibility index (Phi) is 2.97. The van der Waals surface area contributed by atoms with E-state index in [1.807, 2.05) is 0 Å². The van der Waals surface area contributed by atoms with Gasteiger partial charge in [-0.3, -0.25) is 9.48 Å². The third kappa shape index (κ3) is 2.15. The third-order valence-electron chi connectivity index (χ3n) is 2.41. The number of carbonyl (C=O) groups excluding carboxylic acids is 1. The van der Waals surface area contributed by atoms with Crippen LogP contribution in [0, 0.1) is 11.6 Å². The van der Waals surface area contributed by atoms with Crippen LogP contribution in [0.25, 0.3) is 0 Å². The SMILES string of the molecule is Cn1ncc(C(=O)Nc2ccc(F)c(F)c2)c1N. The Morgan fingerprint density at radius 3 is 2.67 bits per heavy atom. The highest BCUT2D eigenvalue weighted by Crippen LogP contribution is 2.16. The molecule has 0 aliphatic rings. The summed E-state index contributed by atoms with van der Waals surface area (Å²) in [7, 11) is 1.59. The fraction of sp³-hybridized carbons (Fsp3) is 0.0909. The second-order valence-electron chi connectivity index (χ2n) is 3.65. The van der Waals surface area contributed by atoms with Crippen molar-refractivity contribution in [3.63, 3.8) is 0 Å². The number of nitrogens with zero attached hydrogens (tertiary/aromatic N) is 2. The molecular weight excluding hydrogens is 242 g/mol. The molecule has 3 N–H and O–H groups in total. The third-order valence-corrected chi connectivity index (χ3v) is 2.41. The molecule has 94 valence electrons. The number of nitrogen functional groups attached to an aromatic ring is 1. The zero-order chi connectivity index (χ0) is 13.3. The van der Waals surface area contributed by atoms with Gasteiger partial charge in [0, 0.05) is 18.8 Å². The van der Waals surface area contributed by atoms with Crippen molar-refractivity contribution >= 4 is 17.4 Å². The zero-order valence-electron chi connectivity index (χ0n) is 9.45. The van der Waals surface area contributed by atoms with Crippen molar-refractivity contribution in [1.29, 1.82) is 0 Å². The van der Waals surface area contributed by atoms with Crippen LogP contribution in [0.1, 0.15) is 10.4 Å². The van der Waals surface area contributed by atoms with Gasteiger partial charge in [0.05, 0.1) is 6.20 Å². The van der Waals surface area contributed by atoms with Crippen LogP contribution in [0.5, 0.6) is 0 Å². The lowest BCUT2D eigenvalue weighted by Crippen LogP contribution is -2.14. The van der Waals surface area contributed by atoms with Gasteiger partial charge in [0.25, 0.3) is 5.91 Å². The molecule has 0 saturated carbocycles. The number of hydrogen-bond acceptors (Lipinski definition) is 3. The summed E-state index contributed by atoms with van der Waals surface area (Å²) in [5.74, 6) is -2.36. The summed E-state index contributed by atoms with van der Waals surface area (Å²) in [6, 6.07) is 3.07. The molecule has 0 bridgehead atoms. The summed E-state index contributed by atoms with van der Waals surface area (Å²) in [6.45, 7) is 0. The fourth-order valence-electron chi connectivity index (χ4n) is 1.39. The molecule has 0 radical (unpaired) electrons. The summed E-state index contributed by atoms with van der Waals surface area (Å²) in [4.78, 5) is 11.8. The van der Waals surface area contributed by atoms with E-state index in [2.05, 4.69) is 10.4 Å². The predicted octanol–water partition coefficient (Wildman–Crippen LogP) is 1.53. The molecule has 7 heteroatoms. The minimum atomic E-state index is -1.04. The van der Waals surface area contributed by atoms with Gasteiger partial charge in [-0.2, -0.15) is 5.10 Å². The molecule has 5 nitrogen and oxygen atoms in total. The van der Waals surface area contributed by atoms with Gasteiger partial charge in [-0.05, 0) is 12.1 Å². The van der Waals surface area contributed by atoms with Crippen LogP contribution in [-0.2, 0) is 7.05 Å². The second-order valence-corrected chi connectivity index (χ2v) is 3.65. The number of nitrogens with two attached hydrogens (primary N) is 1. The maximum absolute atomic E-state index is 12.9. The van der Waals surface area contributed by atoms with E-state index in [9.17, 15) is 13.6 Å². The van der Waals surface area contributed by atoms with Crippen LogP contribution in [-0.4, -0.2) is 15.7 Å². The lowest BCUT2D eigenvalue weighted by Gasteiger charge is -2.05. The molecule has 0 fully saturated rings. The number of rotatable bonds is 2. The van der Waals surface area contributed by atoms with Gasteiger partial charge in [0.15, 0.2) is 11.6 Å². The molecule has 1 aromatic heterocycles. The predicted molar refractivity (Wildman–Crippen MR) is 61.9 cm³/mol. The molecule has 0 unspecified atom stereocenters. The smallest absolute Gasteiger partial charge is 0.261 e. The number of amides is 1. The highest BCUT2D eigenvalue weighted by atomic mass is 19.2. The van der Waals surface area contributed by atoms with E-state index in [0.29, 0.717) is 0 Å². The lowest BCUT2D eigenvalue weighted by molar-refractivity contribution is 0.102. The standard InChI is InChI=1S/C11H10F2N4O/c1-17-10(14)7(5-15-17)11(18)16-6-2-3-8(12)9(13)4-6/h2-5H,14H2,1H3,(H,16,18). The van der Waals surface area contributed by atoms with Crippen molar-refractivity contribution in [3.8, 4) is 0 Å². The van der Waals surface area contributed by atoms with Crippen molar-refractivity contribution in [2.45, 2.75) is 0 Å². The van der Waals surface area contributed by atoms with E-state index in [0.717, 1.165) is 12.1 Å². The number of hydrogen-bond donors (Lipinski definition) is 2. The molecule has 18 heavy (non-hydrogen) atoms. The van der Waals surface area contributed by atoms with Crippen molar-refractivity contribution in [1.82, 2.24) is 9.78 Å². The van der Waals surface area contributed by atoms with Gasteiger partial charge in [-0.1, -0.05) is 0 Å². The van der Waals surface area contributed by atoms with E-state index < -0.39 is 17.5 Å². The molecule has 2 aromatic rings. The minimum Gasteiger partial charge on any atom is -0.383 e. The Labute approximate surface area is 101 Å². The number of carbonyl (C=O) groups is 1. The molecule has 2 rings (SSSR count). The topological polar surface area (TPSA) is 72.9 Å². The lowest BCUT2D eigenvalue weighted by atomic mass is 10.2. The molecule has 0 aliphatic heterocycles. The van der Waals surface area contributed by atoms with E-state index >= 15 is 0 Å². The fourth-order valence-corrected chi connectivity index (χ4v) is 1.39. The molecule has 0 aliphatic carbocycles. The van der Waals surface area contributed by atoms with Gasteiger partial charge in [-0.15, -0.1) is 0 Å². The Morgan fingerprint density at radius 1 is 1.39 bits per heavy atom. The van der Waals surface area contributed by atoms with Gasteiger partial charge in [0.1, 0.15) is 11.4 Å². The number of anilines is 2. The van der Waals surface area contributed by atoms with Crippen LogP contribution >= 0.6 is 0 Å². The Bertz CT molecular complexity index is 609. The average Bonchev–Trinajstić information content (AvgIpc) is 2.65.